The van der Waals surface area contributed by atoms with Crippen molar-refractivity contribution < 1.29 is 24.3 Å². The van der Waals surface area contributed by atoms with Crippen molar-refractivity contribution in [2.75, 3.05) is 19.4 Å². The number of carbonyl (C=O) groups excluding carboxylic acids is 2. The van der Waals surface area contributed by atoms with E-state index in [2.05, 4.69) is 20.4 Å². The number of oxime groups is 1. The second-order valence-electron chi connectivity index (χ2n) is 7.73. The Morgan fingerprint density at radius 2 is 2.25 bits per heavy atom. The summed E-state index contributed by atoms with van der Waals surface area (Å²) >= 11 is 8.34. The van der Waals surface area contributed by atoms with Crippen LogP contribution in [-0.2, 0) is 25.6 Å². The molecular formula is C21H22ClN7O5S2. The largest absolute Gasteiger partial charge is 0.477 e. The highest BCUT2D eigenvalue weighted by Gasteiger charge is 2.54. The van der Waals surface area contributed by atoms with Crippen LogP contribution in [0.25, 0.3) is 0 Å². The first kappa shape index (κ1) is 25.9. The van der Waals surface area contributed by atoms with Gasteiger partial charge >= 0.3 is 5.97 Å². The molecule has 0 radical (unpaired) electrons. The monoisotopic (exact) mass is 551 g/mol. The number of nitrogens with zero attached hydrogens (tertiary/aromatic N) is 4. The highest BCUT2D eigenvalue weighted by molar-refractivity contribution is 8.03. The second-order valence-corrected chi connectivity index (χ2v) is 10.5. The minimum Gasteiger partial charge on any atom is -0.477 e. The number of thiazole rings is 1. The molecule has 0 bridgehead atoms. The maximum atomic E-state index is 13.0. The number of nitrogen functional groups attached to an aromatic ring is 1. The number of allylic oxidation sites excluding steroid dienone is 1. The van der Waals surface area contributed by atoms with Gasteiger partial charge in [-0.05, 0) is 31.5 Å². The maximum absolute atomic E-state index is 13.0. The molecule has 2 aliphatic rings. The average molecular weight is 552 g/mol. The van der Waals surface area contributed by atoms with Gasteiger partial charge in [0.1, 0.15) is 28.9 Å². The molecule has 1 saturated heterocycles. The number of carboxylic acid groups (broad SMARTS) is 1. The topological polar surface area (TPSA) is 186 Å². The summed E-state index contributed by atoms with van der Waals surface area (Å²) in [7, 11) is 1.25. The molecular weight excluding hydrogens is 530 g/mol. The fraction of sp³-hybridized carbons (Fsp3) is 0.333. The lowest BCUT2D eigenvalue weighted by molar-refractivity contribution is -0.155. The summed E-state index contributed by atoms with van der Waals surface area (Å²) < 4.78 is 0.139. The lowest BCUT2D eigenvalue weighted by atomic mass is 9.86. The zero-order valence-corrected chi connectivity index (χ0v) is 21.3. The van der Waals surface area contributed by atoms with Crippen molar-refractivity contribution in [3.8, 4) is 0 Å². The number of carboxylic acids is 1. The number of hydrogen-bond donors (Lipinski definition) is 4. The van der Waals surface area contributed by atoms with Crippen molar-refractivity contribution in [3.63, 3.8) is 0 Å². The number of carbonyl (C=O) groups is 3. The number of hydrogen-bond acceptors (Lipinski definition) is 11. The molecule has 0 aromatic carbocycles. The van der Waals surface area contributed by atoms with Crippen LogP contribution in [0.5, 0.6) is 0 Å². The first-order valence-electron chi connectivity index (χ1n) is 10.7. The predicted octanol–water partition coefficient (Wildman–Crippen LogP) is 1.20. The first-order valence-corrected chi connectivity index (χ1v) is 12.7. The van der Waals surface area contributed by atoms with E-state index in [1.165, 1.54) is 23.8 Å². The summed E-state index contributed by atoms with van der Waals surface area (Å²) in [6, 6.07) is 2.13. The molecule has 4 heterocycles. The van der Waals surface area contributed by atoms with Gasteiger partial charge in [-0.3, -0.25) is 19.5 Å². The van der Waals surface area contributed by atoms with Gasteiger partial charge in [0.05, 0.1) is 11.7 Å². The zero-order valence-electron chi connectivity index (χ0n) is 18.9. The summed E-state index contributed by atoms with van der Waals surface area (Å²) in [5.74, 6) is -2.52. The Morgan fingerprint density at radius 3 is 2.89 bits per heavy atom. The van der Waals surface area contributed by atoms with Crippen molar-refractivity contribution in [2.45, 2.75) is 36.2 Å². The molecule has 2 atom stereocenters. The van der Waals surface area contributed by atoms with Gasteiger partial charge in [0.25, 0.3) is 11.8 Å². The van der Waals surface area contributed by atoms with Gasteiger partial charge in [-0.1, -0.05) is 39.9 Å². The molecule has 1 fully saturated rings. The minimum absolute atomic E-state index is 0.0281. The number of halogens is 1. The Hall–Kier alpha value is -3.20. The molecule has 2 aliphatic heterocycles. The van der Waals surface area contributed by atoms with E-state index in [1.54, 1.807) is 12.3 Å². The minimum atomic E-state index is -1.23. The normalized spacial score (nSPS) is 19.6. The van der Waals surface area contributed by atoms with Crippen LogP contribution < -0.4 is 16.8 Å². The van der Waals surface area contributed by atoms with Crippen molar-refractivity contribution in [1.29, 1.82) is 0 Å². The van der Waals surface area contributed by atoms with Crippen LogP contribution in [0.15, 0.2) is 39.0 Å². The molecule has 15 heteroatoms. The average Bonchev–Trinajstić information content (AvgIpc) is 3.18. The van der Waals surface area contributed by atoms with Crippen LogP contribution in [0.2, 0.25) is 4.34 Å². The van der Waals surface area contributed by atoms with Crippen molar-refractivity contribution >= 4 is 63.3 Å². The van der Waals surface area contributed by atoms with Gasteiger partial charge in [-0.2, -0.15) is 0 Å². The third-order valence-electron chi connectivity index (χ3n) is 5.57. The van der Waals surface area contributed by atoms with Gasteiger partial charge in [0.15, 0.2) is 10.8 Å². The van der Waals surface area contributed by atoms with E-state index in [4.69, 9.17) is 27.9 Å². The Kier molecular flexibility index (Phi) is 7.78. The summed E-state index contributed by atoms with van der Waals surface area (Å²) in [5.41, 5.74) is 11.8. The number of fused-ring (bicyclic) bond motifs is 1. The van der Waals surface area contributed by atoms with E-state index < -0.39 is 29.9 Å². The van der Waals surface area contributed by atoms with Crippen LogP contribution >= 0.6 is 34.7 Å². The summed E-state index contributed by atoms with van der Waals surface area (Å²) in [6.45, 7) is 0.399. The third-order valence-corrected chi connectivity index (χ3v) is 7.89. The van der Waals surface area contributed by atoms with E-state index >= 15 is 0 Å². The standard InChI is InChI=1S/C21H22ClN7O5S2/c1-34-28-15(14-17(22)36-21(24)27-14)18(30)26-13-10-4-5-12(16(20(32)33)29(10)19(13)31)35-11-3-2-8-25-9(11)6-7-23/h2-3,8,10,13H,4-7,23H2,1H3,(H2,24,27)(H,26,30)(H,32,33)/b28-15-. The number of aromatic nitrogens is 2. The predicted molar refractivity (Wildman–Crippen MR) is 134 cm³/mol. The molecule has 190 valence electrons. The van der Waals surface area contributed by atoms with Gasteiger partial charge in [0.2, 0.25) is 0 Å². The number of nitrogens with one attached hydrogen (secondary N) is 1. The third kappa shape index (κ3) is 4.89. The summed E-state index contributed by atoms with van der Waals surface area (Å²) in [6.07, 6.45) is 3.04. The molecule has 0 spiro atoms. The fourth-order valence-electron chi connectivity index (χ4n) is 4.06. The number of thioether (sulfide) groups is 1. The lowest BCUT2D eigenvalue weighted by Gasteiger charge is -2.50. The van der Waals surface area contributed by atoms with Gasteiger partial charge in [-0.25, -0.2) is 9.78 Å². The van der Waals surface area contributed by atoms with Crippen LogP contribution in [0.1, 0.15) is 24.2 Å². The molecule has 2 aromatic heterocycles. The number of anilines is 1. The van der Waals surface area contributed by atoms with E-state index in [0.29, 0.717) is 30.7 Å². The molecule has 12 nitrogen and oxygen atoms in total. The van der Waals surface area contributed by atoms with Crippen LogP contribution in [0, 0.1) is 0 Å². The molecule has 0 saturated carbocycles. The smallest absolute Gasteiger partial charge is 0.353 e. The maximum Gasteiger partial charge on any atom is 0.353 e. The fourth-order valence-corrected chi connectivity index (χ4v) is 6.17. The molecule has 0 aliphatic carbocycles. The van der Waals surface area contributed by atoms with E-state index in [1.807, 2.05) is 6.07 Å². The SMILES string of the molecule is CO/N=C(\C(=O)NC1C(=O)N2C(C(=O)O)=C(Sc3cccnc3CCN)CCC12)c1nc(N)sc1Cl. The van der Waals surface area contributed by atoms with Crippen LogP contribution in [0.4, 0.5) is 5.13 Å². The van der Waals surface area contributed by atoms with E-state index in [9.17, 15) is 19.5 Å². The Morgan fingerprint density at radius 1 is 1.47 bits per heavy atom. The number of rotatable bonds is 9. The van der Waals surface area contributed by atoms with Crippen molar-refractivity contribution in [3.05, 3.63) is 44.7 Å². The Balaban J connectivity index is 1.56. The summed E-state index contributed by atoms with van der Waals surface area (Å²) in [5, 5.41) is 16.4. The van der Waals surface area contributed by atoms with Crippen LogP contribution in [-0.4, -0.2) is 69.2 Å². The molecule has 2 unspecified atom stereocenters. The van der Waals surface area contributed by atoms with Gasteiger partial charge in [-0.15, -0.1) is 0 Å². The van der Waals surface area contributed by atoms with Gasteiger partial charge in [0, 0.05) is 22.4 Å². The van der Waals surface area contributed by atoms with Crippen molar-refractivity contribution in [1.82, 2.24) is 20.2 Å². The number of β-lactam (4-membered cyclic amide) rings is 1. The highest BCUT2D eigenvalue weighted by Crippen LogP contribution is 2.43. The first-order chi connectivity index (χ1) is 17.3. The molecule has 6 N–H and O–H groups in total. The van der Waals surface area contributed by atoms with Gasteiger partial charge < -0.3 is 26.7 Å². The Labute approximate surface area is 218 Å². The number of aliphatic carboxylic acids is 1. The molecule has 2 amide bonds. The molecule has 4 rings (SSSR count). The quantitative estimate of drug-likeness (QED) is 0.200. The zero-order chi connectivity index (χ0) is 26.0. The van der Waals surface area contributed by atoms with Crippen LogP contribution in [0.3, 0.4) is 0 Å². The number of pyridine rings is 1. The van der Waals surface area contributed by atoms with E-state index in [0.717, 1.165) is 21.9 Å². The molecule has 2 aromatic rings. The number of nitrogens with two attached hydrogens (primary N) is 2. The second kappa shape index (κ2) is 10.8. The van der Waals surface area contributed by atoms with Crippen molar-refractivity contribution in [2.24, 2.45) is 10.9 Å². The molecule has 36 heavy (non-hydrogen) atoms. The van der Waals surface area contributed by atoms with E-state index in [-0.39, 0.29) is 26.6 Å². The Bertz CT molecular complexity index is 1280. The highest BCUT2D eigenvalue weighted by atomic mass is 35.5. The number of amides is 2. The lowest BCUT2D eigenvalue weighted by Crippen LogP contribution is -2.72. The summed E-state index contributed by atoms with van der Waals surface area (Å²) in [4.78, 5) is 53.8.